The van der Waals surface area contributed by atoms with Crippen molar-refractivity contribution in [1.29, 1.82) is 0 Å². The van der Waals surface area contributed by atoms with E-state index in [1.807, 2.05) is 5.32 Å². The molecule has 0 aromatic heterocycles. The lowest BCUT2D eigenvalue weighted by molar-refractivity contribution is -0.149. The maximum Gasteiger partial charge on any atom is 0.251 e. The average molecular weight is 207 g/mol. The minimum Gasteiger partial charge on any atom is -0.387 e. The first-order chi connectivity index (χ1) is 6.45. The Balaban J connectivity index is 4.37. The Morgan fingerprint density at radius 3 is 2.07 bits per heavy atom. The average Bonchev–Trinajstić information content (AvgIpc) is 2.23. The van der Waals surface area contributed by atoms with Gasteiger partial charge < -0.3 is 30.5 Å². The molecule has 7 nitrogen and oxygen atoms in total. The molecule has 82 valence electrons. The Morgan fingerprint density at radius 1 is 1.21 bits per heavy atom. The number of aldehydes is 1. The second-order valence-electron chi connectivity index (χ2n) is 2.67. The van der Waals surface area contributed by atoms with E-state index in [0.29, 0.717) is 0 Å². The van der Waals surface area contributed by atoms with Gasteiger partial charge in [0.05, 0.1) is 0 Å². The van der Waals surface area contributed by atoms with E-state index in [2.05, 4.69) is 0 Å². The summed E-state index contributed by atoms with van der Waals surface area (Å²) in [5.41, 5.74) is 0. The van der Waals surface area contributed by atoms with Crippen molar-refractivity contribution in [3.63, 3.8) is 0 Å². The molecule has 0 rings (SSSR count). The Kier molecular flexibility index (Phi) is 5.24. The lowest BCUT2D eigenvalue weighted by Gasteiger charge is -2.22. The van der Waals surface area contributed by atoms with Crippen molar-refractivity contribution in [2.75, 3.05) is 7.05 Å². The fraction of sp³-hybridized carbons (Fsp3) is 0.714. The zero-order chi connectivity index (χ0) is 11.3. The van der Waals surface area contributed by atoms with Crippen molar-refractivity contribution < 1.29 is 30.0 Å². The summed E-state index contributed by atoms with van der Waals surface area (Å²) in [5, 5.41) is 38.0. The predicted molar refractivity (Wildman–Crippen MR) is 44.2 cm³/mol. The van der Waals surface area contributed by atoms with Crippen molar-refractivity contribution in [1.82, 2.24) is 5.32 Å². The third-order valence-corrected chi connectivity index (χ3v) is 1.68. The van der Waals surface area contributed by atoms with Crippen LogP contribution in [-0.2, 0) is 9.59 Å². The van der Waals surface area contributed by atoms with Crippen LogP contribution in [0.3, 0.4) is 0 Å². The first-order valence-electron chi connectivity index (χ1n) is 3.84. The molecule has 0 aliphatic rings. The fourth-order valence-corrected chi connectivity index (χ4v) is 0.772. The van der Waals surface area contributed by atoms with Crippen molar-refractivity contribution in [2.45, 2.75) is 24.4 Å². The van der Waals surface area contributed by atoms with Crippen LogP contribution in [0.5, 0.6) is 0 Å². The first-order valence-corrected chi connectivity index (χ1v) is 3.84. The van der Waals surface area contributed by atoms with Crippen LogP contribution >= 0.6 is 0 Å². The largest absolute Gasteiger partial charge is 0.387 e. The summed E-state index contributed by atoms with van der Waals surface area (Å²) in [6.07, 6.45) is -7.58. The molecule has 4 atom stereocenters. The monoisotopic (exact) mass is 207 g/mol. The highest BCUT2D eigenvalue weighted by molar-refractivity contribution is 5.81. The molecule has 0 saturated carbocycles. The minimum atomic E-state index is -1.92. The summed E-state index contributed by atoms with van der Waals surface area (Å²) < 4.78 is 0. The van der Waals surface area contributed by atoms with Gasteiger partial charge in [-0.2, -0.15) is 0 Å². The highest BCUT2D eigenvalue weighted by Crippen LogP contribution is 2.03. The molecule has 0 bridgehead atoms. The van der Waals surface area contributed by atoms with Gasteiger partial charge in [0.25, 0.3) is 5.91 Å². The van der Waals surface area contributed by atoms with Crippen LogP contribution in [0, 0.1) is 0 Å². The lowest BCUT2D eigenvalue weighted by Crippen LogP contribution is -2.50. The molecule has 0 radical (unpaired) electrons. The number of rotatable bonds is 5. The standard InChI is InChI=1S/C7H13NO6/c1-8-7(14)6(13)5(12)4(11)3(10)2-9/h2-6,10-13H,1H3,(H,8,14)/t3-,4+,5-,6-/m0/s1. The van der Waals surface area contributed by atoms with E-state index in [9.17, 15) is 9.59 Å². The van der Waals surface area contributed by atoms with Crippen LogP contribution in [0.15, 0.2) is 0 Å². The Labute approximate surface area is 80.0 Å². The number of carbonyl (C=O) groups is 2. The highest BCUT2D eigenvalue weighted by Gasteiger charge is 2.33. The molecule has 0 aromatic rings. The van der Waals surface area contributed by atoms with Gasteiger partial charge in [0.1, 0.15) is 18.3 Å². The Hall–Kier alpha value is -1.02. The molecule has 5 N–H and O–H groups in total. The molecule has 0 spiro atoms. The fourth-order valence-electron chi connectivity index (χ4n) is 0.772. The van der Waals surface area contributed by atoms with Crippen molar-refractivity contribution in [2.24, 2.45) is 0 Å². The van der Waals surface area contributed by atoms with Gasteiger partial charge in [0.2, 0.25) is 0 Å². The molecule has 7 heteroatoms. The van der Waals surface area contributed by atoms with E-state index in [0.717, 1.165) is 0 Å². The molecule has 0 aliphatic heterocycles. The predicted octanol–water partition coefficient (Wildman–Crippen LogP) is -3.63. The second kappa shape index (κ2) is 5.66. The maximum atomic E-state index is 10.8. The summed E-state index contributed by atoms with van der Waals surface area (Å²) in [4.78, 5) is 20.8. The molecule has 1 amide bonds. The first kappa shape index (κ1) is 13.0. The van der Waals surface area contributed by atoms with Gasteiger partial charge in [-0.3, -0.25) is 4.79 Å². The highest BCUT2D eigenvalue weighted by atomic mass is 16.4. The summed E-state index contributed by atoms with van der Waals surface area (Å²) in [5.74, 6) is -0.922. The van der Waals surface area contributed by atoms with Crippen LogP contribution in [0.4, 0.5) is 0 Å². The van der Waals surface area contributed by atoms with Gasteiger partial charge >= 0.3 is 0 Å². The second-order valence-corrected chi connectivity index (χ2v) is 2.67. The van der Waals surface area contributed by atoms with Gasteiger partial charge in [0.15, 0.2) is 12.4 Å². The zero-order valence-electron chi connectivity index (χ0n) is 7.49. The molecule has 0 aromatic carbocycles. The molecule has 0 fully saturated rings. The molecule has 0 saturated heterocycles. The van der Waals surface area contributed by atoms with E-state index in [-0.39, 0.29) is 6.29 Å². The van der Waals surface area contributed by atoms with Crippen LogP contribution in [0.1, 0.15) is 0 Å². The molecular formula is C7H13NO6. The minimum absolute atomic E-state index is 0.00947. The number of amides is 1. The summed E-state index contributed by atoms with van der Waals surface area (Å²) >= 11 is 0. The zero-order valence-corrected chi connectivity index (χ0v) is 7.49. The summed E-state index contributed by atoms with van der Waals surface area (Å²) in [6, 6.07) is 0. The van der Waals surface area contributed by atoms with Crippen molar-refractivity contribution in [3.8, 4) is 0 Å². The number of carbonyl (C=O) groups excluding carboxylic acids is 2. The Morgan fingerprint density at radius 2 is 1.71 bits per heavy atom. The SMILES string of the molecule is CNC(=O)[C@@H](O)[C@@H](O)[C@H](O)[C@@H](O)C=O. The van der Waals surface area contributed by atoms with Gasteiger partial charge in [-0.15, -0.1) is 0 Å². The van der Waals surface area contributed by atoms with Gasteiger partial charge in [-0.25, -0.2) is 0 Å². The van der Waals surface area contributed by atoms with Crippen LogP contribution in [-0.4, -0.2) is 64.1 Å². The number of nitrogens with one attached hydrogen (secondary N) is 1. The number of hydrogen-bond acceptors (Lipinski definition) is 6. The van der Waals surface area contributed by atoms with Crippen LogP contribution in [0.2, 0.25) is 0 Å². The van der Waals surface area contributed by atoms with E-state index < -0.39 is 30.3 Å². The van der Waals surface area contributed by atoms with E-state index in [1.165, 1.54) is 7.05 Å². The van der Waals surface area contributed by atoms with E-state index in [1.54, 1.807) is 0 Å². The molecule has 0 aliphatic carbocycles. The molecule has 14 heavy (non-hydrogen) atoms. The van der Waals surface area contributed by atoms with E-state index >= 15 is 0 Å². The number of hydrogen-bond donors (Lipinski definition) is 5. The quantitative estimate of drug-likeness (QED) is 0.296. The molecule has 0 unspecified atom stereocenters. The summed E-state index contributed by atoms with van der Waals surface area (Å²) in [6.45, 7) is 0. The van der Waals surface area contributed by atoms with Gasteiger partial charge in [0, 0.05) is 7.05 Å². The lowest BCUT2D eigenvalue weighted by atomic mass is 10.0. The Bertz CT molecular complexity index is 208. The third-order valence-electron chi connectivity index (χ3n) is 1.68. The van der Waals surface area contributed by atoms with Gasteiger partial charge in [-0.1, -0.05) is 0 Å². The van der Waals surface area contributed by atoms with Crippen LogP contribution < -0.4 is 5.32 Å². The number of aliphatic hydroxyl groups excluding tert-OH is 4. The third kappa shape index (κ3) is 3.04. The van der Waals surface area contributed by atoms with Crippen molar-refractivity contribution in [3.05, 3.63) is 0 Å². The maximum absolute atomic E-state index is 10.8. The molecular weight excluding hydrogens is 194 g/mol. The van der Waals surface area contributed by atoms with Crippen LogP contribution in [0.25, 0.3) is 0 Å². The van der Waals surface area contributed by atoms with Crippen molar-refractivity contribution >= 4 is 12.2 Å². The topological polar surface area (TPSA) is 127 Å². The summed E-state index contributed by atoms with van der Waals surface area (Å²) in [7, 11) is 1.22. The molecule has 0 heterocycles. The van der Waals surface area contributed by atoms with E-state index in [4.69, 9.17) is 20.4 Å². The number of aliphatic hydroxyl groups is 4. The number of likely N-dealkylation sites (N-methyl/N-ethyl adjacent to an activating group) is 1. The van der Waals surface area contributed by atoms with Gasteiger partial charge in [-0.05, 0) is 0 Å². The normalized spacial score (nSPS) is 19.2. The smallest absolute Gasteiger partial charge is 0.251 e.